The molecule has 4 nitrogen and oxygen atoms in total. The number of alkyl halides is 3. The number of hydrogen-bond acceptors (Lipinski definition) is 4. The van der Waals surface area contributed by atoms with Gasteiger partial charge in [0, 0.05) is 11.6 Å². The van der Waals surface area contributed by atoms with Gasteiger partial charge in [-0.05, 0) is 20.0 Å². The number of ether oxygens (including phenoxy) is 1. The minimum atomic E-state index is -4.66. The van der Waals surface area contributed by atoms with E-state index in [-0.39, 0.29) is 17.9 Å². The number of aromatic nitrogens is 1. The van der Waals surface area contributed by atoms with E-state index in [2.05, 4.69) is 4.98 Å². The van der Waals surface area contributed by atoms with Gasteiger partial charge in [-0.15, -0.1) is 0 Å². The second-order valence-corrected chi connectivity index (χ2v) is 8.69. The van der Waals surface area contributed by atoms with Crippen molar-refractivity contribution in [3.8, 4) is 5.75 Å². The monoisotopic (exact) mass is 349 g/mol. The van der Waals surface area contributed by atoms with Gasteiger partial charge >= 0.3 is 12.1 Å². The summed E-state index contributed by atoms with van der Waals surface area (Å²) in [6.07, 6.45) is -3.93. The number of halogens is 3. The number of hydrogen-bond donors (Lipinski definition) is 0. The molecule has 130 valence electrons. The zero-order chi connectivity index (χ0) is 18.0. The first-order chi connectivity index (χ1) is 10.4. The number of carbonyl (C=O) groups is 1. The van der Waals surface area contributed by atoms with Crippen molar-refractivity contribution < 1.29 is 27.1 Å². The van der Waals surface area contributed by atoms with Crippen LogP contribution in [0.1, 0.15) is 49.3 Å². The van der Waals surface area contributed by atoms with E-state index in [0.29, 0.717) is 0 Å². The van der Waals surface area contributed by atoms with E-state index in [1.807, 2.05) is 0 Å². The predicted molar refractivity (Wildman–Crippen MR) is 83.4 cm³/mol. The van der Waals surface area contributed by atoms with E-state index >= 15 is 0 Å². The summed E-state index contributed by atoms with van der Waals surface area (Å²) in [4.78, 5) is 16.2. The summed E-state index contributed by atoms with van der Waals surface area (Å²) in [6, 6.07) is 0. The lowest BCUT2D eigenvalue weighted by atomic mass is 9.87. The van der Waals surface area contributed by atoms with Crippen molar-refractivity contribution in [3.05, 3.63) is 23.0 Å². The van der Waals surface area contributed by atoms with Crippen LogP contribution in [0.5, 0.6) is 5.75 Å². The van der Waals surface area contributed by atoms with Crippen molar-refractivity contribution >= 4 is 15.0 Å². The zero-order valence-electron chi connectivity index (χ0n) is 14.2. The molecule has 0 aliphatic heterocycles. The third kappa shape index (κ3) is 4.70. The maximum atomic E-state index is 13.3. The highest BCUT2D eigenvalue weighted by molar-refractivity contribution is 6.49. The van der Waals surface area contributed by atoms with Crippen LogP contribution in [0.4, 0.5) is 13.2 Å². The molecule has 1 rings (SSSR count). The Morgan fingerprint density at radius 2 is 1.83 bits per heavy atom. The van der Waals surface area contributed by atoms with Gasteiger partial charge in [0.2, 0.25) is 9.04 Å². The van der Waals surface area contributed by atoms with Crippen LogP contribution in [0, 0.1) is 0 Å². The second-order valence-electron chi connectivity index (χ2n) is 6.36. The third-order valence-electron chi connectivity index (χ3n) is 2.88. The van der Waals surface area contributed by atoms with Gasteiger partial charge in [-0.3, -0.25) is 4.98 Å². The van der Waals surface area contributed by atoms with Gasteiger partial charge in [-0.1, -0.05) is 20.8 Å². The Hall–Kier alpha value is -1.57. The summed E-state index contributed by atoms with van der Waals surface area (Å²) in [5.74, 6) is -1.31. The van der Waals surface area contributed by atoms with Gasteiger partial charge < -0.3 is 9.16 Å². The molecule has 0 aliphatic rings. The molecule has 0 amide bonds. The summed E-state index contributed by atoms with van der Waals surface area (Å²) in [5, 5.41) is 0. The highest BCUT2D eigenvalue weighted by Gasteiger charge is 2.40. The third-order valence-corrected chi connectivity index (χ3v) is 3.59. The van der Waals surface area contributed by atoms with E-state index in [0.717, 1.165) is 6.20 Å². The van der Waals surface area contributed by atoms with Gasteiger partial charge in [-0.2, -0.15) is 13.2 Å². The summed E-state index contributed by atoms with van der Waals surface area (Å²) in [7, 11) is -1.90. The lowest BCUT2D eigenvalue weighted by molar-refractivity contribution is -0.138. The number of esters is 1. The van der Waals surface area contributed by atoms with Gasteiger partial charge in [0.25, 0.3) is 0 Å². The van der Waals surface area contributed by atoms with Gasteiger partial charge in [0.05, 0.1) is 12.3 Å². The van der Waals surface area contributed by atoms with E-state index in [1.54, 1.807) is 40.8 Å². The maximum absolute atomic E-state index is 13.3. The van der Waals surface area contributed by atoms with Gasteiger partial charge in [-0.25, -0.2) is 4.79 Å². The molecule has 0 unspecified atom stereocenters. The first-order valence-electron chi connectivity index (χ1n) is 7.34. The highest BCUT2D eigenvalue weighted by Crippen LogP contribution is 2.41. The first-order valence-corrected chi connectivity index (χ1v) is 10.1. The van der Waals surface area contributed by atoms with E-state index < -0.39 is 37.9 Å². The quantitative estimate of drug-likeness (QED) is 0.610. The fraction of sp³-hybridized carbons (Fsp3) is 0.600. The molecule has 0 bridgehead atoms. The Balaban J connectivity index is 3.75. The molecule has 0 atom stereocenters. The molecule has 1 heterocycles. The van der Waals surface area contributed by atoms with Crippen molar-refractivity contribution in [2.75, 3.05) is 6.61 Å². The van der Waals surface area contributed by atoms with Crippen LogP contribution in [0.3, 0.4) is 0 Å². The lowest BCUT2D eigenvalue weighted by Gasteiger charge is -2.26. The molecule has 1 aromatic heterocycles. The highest BCUT2D eigenvalue weighted by atomic mass is 28.3. The molecule has 1 aromatic rings. The zero-order valence-corrected chi connectivity index (χ0v) is 15.3. The molecule has 0 saturated carbocycles. The minimum absolute atomic E-state index is 0.0528. The van der Waals surface area contributed by atoms with Crippen LogP contribution < -0.4 is 4.43 Å². The van der Waals surface area contributed by atoms with Gasteiger partial charge in [0.1, 0.15) is 16.9 Å². The molecule has 0 radical (unpaired) electrons. The normalized spacial score (nSPS) is 12.4. The first kappa shape index (κ1) is 19.5. The molecule has 0 spiro atoms. The largest absolute Gasteiger partial charge is 0.546 e. The fourth-order valence-electron chi connectivity index (χ4n) is 2.02. The molecule has 0 saturated heterocycles. The Bertz CT molecular complexity index is 581. The van der Waals surface area contributed by atoms with Crippen LogP contribution in [0.25, 0.3) is 0 Å². The number of carbonyl (C=O) groups excluding carboxylic acids is 1. The molecule has 0 aliphatic carbocycles. The van der Waals surface area contributed by atoms with Gasteiger partial charge in [0.15, 0.2) is 0 Å². The van der Waals surface area contributed by atoms with Crippen LogP contribution in [0.2, 0.25) is 13.1 Å². The van der Waals surface area contributed by atoms with E-state index in [4.69, 9.17) is 9.16 Å². The standard InChI is InChI=1S/C15H22F3NO3Si/c1-7-21-13(20)10-11(22-23(5)6)9(15(16,17)18)8-19-12(10)14(2,3)4/h8,23H,7H2,1-6H3. The summed E-state index contributed by atoms with van der Waals surface area (Å²) < 4.78 is 50.3. The Labute approximate surface area is 135 Å². The second kappa shape index (κ2) is 6.90. The average Bonchev–Trinajstić information content (AvgIpc) is 2.35. The Morgan fingerprint density at radius 1 is 1.26 bits per heavy atom. The predicted octanol–water partition coefficient (Wildman–Crippen LogP) is 3.94. The Kier molecular flexibility index (Phi) is 5.84. The number of nitrogens with zero attached hydrogens (tertiary/aromatic N) is 1. The molecular formula is C15H22F3NO3Si. The van der Waals surface area contributed by atoms with Crippen LogP contribution >= 0.6 is 0 Å². The molecular weight excluding hydrogens is 327 g/mol. The molecule has 23 heavy (non-hydrogen) atoms. The Morgan fingerprint density at radius 3 is 2.22 bits per heavy atom. The van der Waals surface area contributed by atoms with Crippen LogP contribution in [-0.4, -0.2) is 26.6 Å². The topological polar surface area (TPSA) is 48.4 Å². The smallest absolute Gasteiger partial charge is 0.421 e. The van der Waals surface area contributed by atoms with Crippen molar-refractivity contribution in [1.29, 1.82) is 0 Å². The van der Waals surface area contributed by atoms with Crippen molar-refractivity contribution in [2.24, 2.45) is 0 Å². The summed E-state index contributed by atoms with van der Waals surface area (Å²) in [6.45, 7) is 10.4. The maximum Gasteiger partial charge on any atom is 0.421 e. The van der Waals surface area contributed by atoms with Crippen LogP contribution in [0.15, 0.2) is 6.20 Å². The lowest BCUT2D eigenvalue weighted by Crippen LogP contribution is -2.26. The summed E-state index contributed by atoms with van der Waals surface area (Å²) >= 11 is 0. The molecule has 0 fully saturated rings. The van der Waals surface area contributed by atoms with Crippen LogP contribution in [-0.2, 0) is 16.3 Å². The molecule has 0 N–H and O–H groups in total. The van der Waals surface area contributed by atoms with Crippen molar-refractivity contribution in [1.82, 2.24) is 4.98 Å². The average molecular weight is 349 g/mol. The number of pyridine rings is 1. The van der Waals surface area contributed by atoms with E-state index in [9.17, 15) is 18.0 Å². The minimum Gasteiger partial charge on any atom is -0.546 e. The molecule has 0 aromatic carbocycles. The van der Waals surface area contributed by atoms with E-state index in [1.165, 1.54) is 0 Å². The summed E-state index contributed by atoms with van der Waals surface area (Å²) in [5.41, 5.74) is -1.68. The van der Waals surface area contributed by atoms with Crippen molar-refractivity contribution in [2.45, 2.75) is 52.4 Å². The number of rotatable bonds is 4. The molecule has 8 heteroatoms. The van der Waals surface area contributed by atoms with Crippen molar-refractivity contribution in [3.63, 3.8) is 0 Å². The SMILES string of the molecule is CCOC(=O)c1c(C(C)(C)C)ncc(C(F)(F)F)c1O[SiH](C)C. The fourth-order valence-corrected chi connectivity index (χ4v) is 2.73.